The van der Waals surface area contributed by atoms with Crippen LogP contribution in [-0.2, 0) is 0 Å². The largest absolute Gasteiger partial charge is 0.233 e. The minimum Gasteiger partial charge on any atom is -0.233 e. The van der Waals surface area contributed by atoms with E-state index in [0.29, 0.717) is 16.6 Å². The molecule has 2 nitrogen and oxygen atoms in total. The van der Waals surface area contributed by atoms with Crippen LogP contribution in [0.2, 0.25) is 5.15 Å². The maximum absolute atomic E-state index is 13.3. The zero-order chi connectivity index (χ0) is 14.1. The number of hydrogen-bond acceptors (Lipinski definition) is 2. The third-order valence-corrected chi connectivity index (χ3v) is 3.80. The van der Waals surface area contributed by atoms with E-state index in [4.69, 9.17) is 11.6 Å². The summed E-state index contributed by atoms with van der Waals surface area (Å²) in [6, 6.07) is 5.00. The number of aromatic nitrogens is 2. The molecule has 0 aliphatic heterocycles. The van der Waals surface area contributed by atoms with E-state index in [1.54, 1.807) is 6.07 Å². The lowest BCUT2D eigenvalue weighted by molar-refractivity contribution is 0.584. The van der Waals surface area contributed by atoms with Crippen LogP contribution in [0.1, 0.15) is 37.3 Å². The molecule has 1 fully saturated rings. The van der Waals surface area contributed by atoms with Gasteiger partial charge in [0.25, 0.3) is 0 Å². The maximum atomic E-state index is 13.3. The minimum atomic E-state index is -0.647. The van der Waals surface area contributed by atoms with Gasteiger partial charge in [-0.2, -0.15) is 0 Å². The average molecular weight is 295 g/mol. The van der Waals surface area contributed by atoms with Crippen LogP contribution in [0.5, 0.6) is 0 Å². The molecule has 1 aromatic carbocycles. The van der Waals surface area contributed by atoms with Gasteiger partial charge < -0.3 is 0 Å². The van der Waals surface area contributed by atoms with Crippen molar-refractivity contribution in [2.24, 2.45) is 0 Å². The Kier molecular flexibility index (Phi) is 3.66. The fourth-order valence-electron chi connectivity index (χ4n) is 2.68. The zero-order valence-electron chi connectivity index (χ0n) is 10.7. The van der Waals surface area contributed by atoms with Crippen molar-refractivity contribution in [1.29, 1.82) is 0 Å². The number of rotatable bonds is 2. The lowest BCUT2D eigenvalue weighted by atomic mass is 10.0. The Balaban J connectivity index is 2.04. The van der Waals surface area contributed by atoms with Crippen LogP contribution < -0.4 is 0 Å². The summed E-state index contributed by atoms with van der Waals surface area (Å²) in [6.07, 6.45) is 4.50. The SMILES string of the molecule is Fc1cc(F)cc(-c2nc(Cl)cc(C3CCCC3)n2)c1. The molecule has 1 heterocycles. The van der Waals surface area contributed by atoms with Crippen molar-refractivity contribution in [2.45, 2.75) is 31.6 Å². The molecule has 0 saturated heterocycles. The van der Waals surface area contributed by atoms with E-state index in [2.05, 4.69) is 9.97 Å². The number of benzene rings is 1. The quantitative estimate of drug-likeness (QED) is 0.748. The molecule has 3 rings (SSSR count). The summed E-state index contributed by atoms with van der Waals surface area (Å²) < 4.78 is 26.6. The van der Waals surface area contributed by atoms with Gasteiger partial charge in [0, 0.05) is 23.2 Å². The van der Waals surface area contributed by atoms with E-state index >= 15 is 0 Å². The molecule has 0 amide bonds. The number of halogens is 3. The highest BCUT2D eigenvalue weighted by Gasteiger charge is 2.20. The van der Waals surface area contributed by atoms with Gasteiger partial charge in [-0.05, 0) is 31.0 Å². The van der Waals surface area contributed by atoms with Gasteiger partial charge in [-0.15, -0.1) is 0 Å². The molecular weight excluding hydrogens is 282 g/mol. The van der Waals surface area contributed by atoms with Crippen LogP contribution >= 0.6 is 11.6 Å². The lowest BCUT2D eigenvalue weighted by Crippen LogP contribution is -2.01. The van der Waals surface area contributed by atoms with Crippen molar-refractivity contribution >= 4 is 11.6 Å². The van der Waals surface area contributed by atoms with Crippen LogP contribution in [-0.4, -0.2) is 9.97 Å². The average Bonchev–Trinajstić information content (AvgIpc) is 2.90. The first-order chi connectivity index (χ1) is 9.61. The molecule has 20 heavy (non-hydrogen) atoms. The fourth-order valence-corrected chi connectivity index (χ4v) is 2.87. The number of hydrogen-bond donors (Lipinski definition) is 0. The van der Waals surface area contributed by atoms with Gasteiger partial charge in [0.2, 0.25) is 0 Å². The van der Waals surface area contributed by atoms with Crippen LogP contribution in [0.15, 0.2) is 24.3 Å². The predicted molar refractivity (Wildman–Crippen MR) is 73.6 cm³/mol. The van der Waals surface area contributed by atoms with Crippen molar-refractivity contribution in [1.82, 2.24) is 9.97 Å². The Morgan fingerprint density at radius 3 is 2.25 bits per heavy atom. The van der Waals surface area contributed by atoms with Gasteiger partial charge in [0.05, 0.1) is 0 Å². The molecule has 5 heteroatoms. The molecule has 1 aliphatic rings. The molecule has 0 N–H and O–H groups in total. The summed E-state index contributed by atoms with van der Waals surface area (Å²) in [5.74, 6) is -0.651. The summed E-state index contributed by atoms with van der Waals surface area (Å²) in [7, 11) is 0. The molecule has 104 valence electrons. The third-order valence-electron chi connectivity index (χ3n) is 3.61. The summed E-state index contributed by atoms with van der Waals surface area (Å²) >= 11 is 6.02. The molecule has 0 spiro atoms. The highest BCUT2D eigenvalue weighted by atomic mass is 35.5. The first-order valence-corrected chi connectivity index (χ1v) is 7.00. The van der Waals surface area contributed by atoms with Crippen molar-refractivity contribution in [3.8, 4) is 11.4 Å². The van der Waals surface area contributed by atoms with Crippen LogP contribution in [0.4, 0.5) is 8.78 Å². The van der Waals surface area contributed by atoms with Crippen molar-refractivity contribution in [2.75, 3.05) is 0 Å². The fraction of sp³-hybridized carbons (Fsp3) is 0.333. The normalized spacial score (nSPS) is 15.8. The summed E-state index contributed by atoms with van der Waals surface area (Å²) in [4.78, 5) is 8.52. The molecule has 0 radical (unpaired) electrons. The molecule has 0 unspecified atom stereocenters. The Hall–Kier alpha value is -1.55. The molecule has 0 atom stereocenters. The second-order valence-corrected chi connectivity index (χ2v) is 5.47. The first-order valence-electron chi connectivity index (χ1n) is 6.63. The zero-order valence-corrected chi connectivity index (χ0v) is 11.5. The van der Waals surface area contributed by atoms with E-state index in [0.717, 1.165) is 24.6 Å². The predicted octanol–water partition coefficient (Wildman–Crippen LogP) is 4.73. The standard InChI is InChI=1S/C15H13ClF2N2/c16-14-8-13(9-3-1-2-4-9)19-15(20-14)10-5-11(17)7-12(18)6-10/h5-9H,1-4H2. The molecule has 0 bridgehead atoms. The van der Waals surface area contributed by atoms with Crippen LogP contribution in [0, 0.1) is 11.6 Å². The van der Waals surface area contributed by atoms with Crippen molar-refractivity contribution in [3.05, 3.63) is 46.7 Å². The first kappa shape index (κ1) is 13.4. The highest BCUT2D eigenvalue weighted by molar-refractivity contribution is 6.29. The Morgan fingerprint density at radius 1 is 0.950 bits per heavy atom. The van der Waals surface area contributed by atoms with E-state index in [1.165, 1.54) is 25.0 Å². The smallest absolute Gasteiger partial charge is 0.161 e. The third kappa shape index (κ3) is 2.80. The minimum absolute atomic E-state index is 0.276. The van der Waals surface area contributed by atoms with E-state index < -0.39 is 11.6 Å². The van der Waals surface area contributed by atoms with E-state index in [-0.39, 0.29) is 5.82 Å². The molecule has 1 saturated carbocycles. The summed E-state index contributed by atoms with van der Waals surface area (Å²) in [5.41, 5.74) is 1.17. The van der Waals surface area contributed by atoms with Gasteiger partial charge in [-0.25, -0.2) is 18.7 Å². The van der Waals surface area contributed by atoms with Gasteiger partial charge >= 0.3 is 0 Å². The van der Waals surface area contributed by atoms with Crippen molar-refractivity contribution < 1.29 is 8.78 Å². The second kappa shape index (κ2) is 5.44. The molecular formula is C15H13ClF2N2. The van der Waals surface area contributed by atoms with Gasteiger partial charge in [-0.3, -0.25) is 0 Å². The Labute approximate surface area is 120 Å². The highest BCUT2D eigenvalue weighted by Crippen LogP contribution is 2.34. The van der Waals surface area contributed by atoms with Gasteiger partial charge in [-0.1, -0.05) is 24.4 Å². The molecule has 1 aliphatic carbocycles. The second-order valence-electron chi connectivity index (χ2n) is 5.08. The Morgan fingerprint density at radius 2 is 1.60 bits per heavy atom. The van der Waals surface area contributed by atoms with Crippen molar-refractivity contribution in [3.63, 3.8) is 0 Å². The maximum Gasteiger partial charge on any atom is 0.161 e. The molecule has 2 aromatic rings. The van der Waals surface area contributed by atoms with E-state index in [1.807, 2.05) is 0 Å². The van der Waals surface area contributed by atoms with Crippen LogP contribution in [0.3, 0.4) is 0 Å². The summed E-state index contributed by atoms with van der Waals surface area (Å²) in [5, 5.41) is 0.307. The van der Waals surface area contributed by atoms with Gasteiger partial charge in [0.15, 0.2) is 5.82 Å². The topological polar surface area (TPSA) is 25.8 Å². The monoisotopic (exact) mass is 294 g/mol. The number of nitrogens with zero attached hydrogens (tertiary/aromatic N) is 2. The van der Waals surface area contributed by atoms with Gasteiger partial charge in [0.1, 0.15) is 16.8 Å². The summed E-state index contributed by atoms with van der Waals surface area (Å²) in [6.45, 7) is 0. The lowest BCUT2D eigenvalue weighted by Gasteiger charge is -2.10. The molecule has 1 aromatic heterocycles. The van der Waals surface area contributed by atoms with Crippen LogP contribution in [0.25, 0.3) is 11.4 Å². The van der Waals surface area contributed by atoms with E-state index in [9.17, 15) is 8.78 Å². The Bertz CT molecular complexity index is 620.